The Balaban J connectivity index is 0.000000137. The Labute approximate surface area is 253 Å². The number of aromatic hydroxyl groups is 2. The maximum atomic E-state index is 9.98. The van der Waals surface area contributed by atoms with Gasteiger partial charge in [-0.2, -0.15) is 0 Å². The molecule has 2 aromatic carbocycles. The molecule has 224 valence electrons. The highest BCUT2D eigenvalue weighted by Crippen LogP contribution is 2.57. The van der Waals surface area contributed by atoms with Crippen molar-refractivity contribution in [3.05, 3.63) is 84.0 Å². The van der Waals surface area contributed by atoms with Gasteiger partial charge in [0.2, 0.25) is 0 Å². The lowest BCUT2D eigenvalue weighted by atomic mass is 9.52. The van der Waals surface area contributed by atoms with Crippen LogP contribution in [-0.4, -0.2) is 58.3 Å². The smallest absolute Gasteiger partial charge is 0.115 e. The number of benzene rings is 2. The number of nitrogens with zero attached hydrogens (tertiary/aromatic N) is 2. The Morgan fingerprint density at radius 3 is 1.55 bits per heavy atom. The second-order valence-electron chi connectivity index (χ2n) is 14.3. The highest BCUT2D eigenvalue weighted by atomic mass is 16.3. The summed E-state index contributed by atoms with van der Waals surface area (Å²) in [5.41, 5.74) is 6.58. The van der Waals surface area contributed by atoms with Crippen LogP contribution in [0.5, 0.6) is 11.5 Å². The molecule has 4 aliphatic carbocycles. The fraction of sp³-hybridized carbons (Fsp3) is 0.579. The van der Waals surface area contributed by atoms with Crippen molar-refractivity contribution in [1.82, 2.24) is 9.80 Å². The number of phenolic OH excluding ortho intramolecular Hbond substituents is 2. The van der Waals surface area contributed by atoms with Crippen LogP contribution in [0.15, 0.2) is 61.7 Å². The summed E-state index contributed by atoms with van der Waals surface area (Å²) >= 11 is 0. The van der Waals surface area contributed by atoms with Crippen LogP contribution in [0.4, 0.5) is 0 Å². The van der Waals surface area contributed by atoms with E-state index in [0.29, 0.717) is 34.4 Å². The van der Waals surface area contributed by atoms with E-state index < -0.39 is 0 Å². The monoisotopic (exact) mass is 566 g/mol. The zero-order chi connectivity index (χ0) is 28.9. The van der Waals surface area contributed by atoms with E-state index in [9.17, 15) is 10.2 Å². The molecule has 0 amide bonds. The molecule has 42 heavy (non-hydrogen) atoms. The van der Waals surface area contributed by atoms with Crippen LogP contribution in [0.1, 0.15) is 86.5 Å². The molecule has 8 rings (SSSR count). The minimum Gasteiger partial charge on any atom is -0.508 e. The predicted molar refractivity (Wildman–Crippen MR) is 171 cm³/mol. The third kappa shape index (κ3) is 4.47. The summed E-state index contributed by atoms with van der Waals surface area (Å²) in [6, 6.07) is 13.6. The predicted octanol–water partition coefficient (Wildman–Crippen LogP) is 7.27. The van der Waals surface area contributed by atoms with Crippen LogP contribution in [0, 0.1) is 11.8 Å². The zero-order valence-electron chi connectivity index (χ0n) is 25.4. The molecule has 4 nitrogen and oxygen atoms in total. The molecule has 2 aliphatic heterocycles. The molecule has 6 aliphatic rings. The van der Waals surface area contributed by atoms with Gasteiger partial charge in [-0.3, -0.25) is 9.80 Å². The Morgan fingerprint density at radius 2 is 1.12 bits per heavy atom. The standard InChI is InChI=1S/2C19H25NO/c2*1-2-10-20-11-9-19-8-4-3-5-16(19)18(20)12-14-6-7-15(21)13-17(14)19/h2*2,6-7,13,16,18,21H,1,3-5,8-12H2/t2*16-,18+,19+/m00/s1. The first-order chi connectivity index (χ1) is 20.5. The van der Waals surface area contributed by atoms with Crippen LogP contribution in [0.3, 0.4) is 0 Å². The molecule has 2 N–H and O–H groups in total. The number of rotatable bonds is 4. The Morgan fingerprint density at radius 1 is 0.667 bits per heavy atom. The minimum absolute atomic E-state index is 0.340. The molecule has 4 fully saturated rings. The zero-order valence-corrected chi connectivity index (χ0v) is 25.4. The summed E-state index contributed by atoms with van der Waals surface area (Å²) < 4.78 is 0. The van der Waals surface area contributed by atoms with Gasteiger partial charge in [-0.15, -0.1) is 13.2 Å². The van der Waals surface area contributed by atoms with Gasteiger partial charge in [-0.05, 0) is 123 Å². The van der Waals surface area contributed by atoms with Gasteiger partial charge in [-0.1, -0.05) is 50.0 Å². The topological polar surface area (TPSA) is 46.9 Å². The van der Waals surface area contributed by atoms with Gasteiger partial charge < -0.3 is 10.2 Å². The van der Waals surface area contributed by atoms with Crippen molar-refractivity contribution < 1.29 is 10.2 Å². The van der Waals surface area contributed by atoms with Crippen molar-refractivity contribution in [1.29, 1.82) is 0 Å². The van der Waals surface area contributed by atoms with E-state index in [1.165, 1.54) is 99.6 Å². The summed E-state index contributed by atoms with van der Waals surface area (Å²) in [4.78, 5) is 5.30. The average molecular weight is 567 g/mol. The summed E-state index contributed by atoms with van der Waals surface area (Å²) in [6.07, 6.45) is 19.7. The third-order valence-corrected chi connectivity index (χ3v) is 12.6. The third-order valence-electron chi connectivity index (χ3n) is 12.6. The van der Waals surface area contributed by atoms with Crippen molar-refractivity contribution >= 4 is 0 Å². The van der Waals surface area contributed by atoms with Crippen molar-refractivity contribution in [2.75, 3.05) is 26.2 Å². The number of fused-ring (bicyclic) bond motifs is 2. The fourth-order valence-electron chi connectivity index (χ4n) is 10.9. The van der Waals surface area contributed by atoms with Gasteiger partial charge in [0.25, 0.3) is 0 Å². The van der Waals surface area contributed by atoms with E-state index in [2.05, 4.69) is 59.4 Å². The number of piperidine rings is 2. The first kappa shape index (κ1) is 28.2. The van der Waals surface area contributed by atoms with E-state index in [-0.39, 0.29) is 0 Å². The summed E-state index contributed by atoms with van der Waals surface area (Å²) in [7, 11) is 0. The molecule has 2 heterocycles. The average Bonchev–Trinajstić information content (AvgIpc) is 3.01. The van der Waals surface area contributed by atoms with Gasteiger partial charge in [0.1, 0.15) is 11.5 Å². The molecule has 0 spiro atoms. The summed E-state index contributed by atoms with van der Waals surface area (Å²) in [6.45, 7) is 12.3. The SMILES string of the molecule is C=CCN1CC[C@]23CCCC[C@H]2[C@H]1Cc1ccc(O)cc13.C=CCN1CC[C@]23CCCC[C@H]2[C@H]1Cc1ccc(O)cc13. The Hall–Kier alpha value is -2.56. The van der Waals surface area contributed by atoms with Crippen molar-refractivity contribution in [2.24, 2.45) is 11.8 Å². The molecule has 2 saturated heterocycles. The van der Waals surface area contributed by atoms with Crippen molar-refractivity contribution in [2.45, 2.75) is 100.0 Å². The van der Waals surface area contributed by atoms with Gasteiger partial charge >= 0.3 is 0 Å². The molecule has 6 atom stereocenters. The molecule has 2 saturated carbocycles. The summed E-state index contributed by atoms with van der Waals surface area (Å²) in [5.74, 6) is 2.43. The number of likely N-dealkylation sites (tertiary alicyclic amines) is 2. The van der Waals surface area contributed by atoms with Crippen LogP contribution < -0.4 is 0 Å². The Bertz CT molecular complexity index is 1230. The van der Waals surface area contributed by atoms with E-state index in [4.69, 9.17) is 0 Å². The molecular formula is C38H50N2O2. The lowest BCUT2D eigenvalue weighted by molar-refractivity contribution is -0.00519. The largest absolute Gasteiger partial charge is 0.508 e. The van der Waals surface area contributed by atoms with Crippen molar-refractivity contribution in [3.63, 3.8) is 0 Å². The van der Waals surface area contributed by atoms with Crippen LogP contribution in [-0.2, 0) is 23.7 Å². The number of hydrogen-bond donors (Lipinski definition) is 2. The molecule has 0 radical (unpaired) electrons. The normalized spacial score (nSPS) is 34.9. The van der Waals surface area contributed by atoms with E-state index in [1.54, 1.807) is 0 Å². The maximum absolute atomic E-state index is 9.98. The van der Waals surface area contributed by atoms with E-state index in [1.807, 2.05) is 12.1 Å². The summed E-state index contributed by atoms with van der Waals surface area (Å²) in [5, 5.41) is 20.0. The van der Waals surface area contributed by atoms with E-state index >= 15 is 0 Å². The lowest BCUT2D eigenvalue weighted by Crippen LogP contribution is -2.60. The second-order valence-corrected chi connectivity index (χ2v) is 14.3. The highest BCUT2D eigenvalue weighted by Gasteiger charge is 2.54. The first-order valence-electron chi connectivity index (χ1n) is 16.8. The maximum Gasteiger partial charge on any atom is 0.115 e. The van der Waals surface area contributed by atoms with Crippen LogP contribution in [0.25, 0.3) is 0 Å². The minimum atomic E-state index is 0.340. The highest BCUT2D eigenvalue weighted by molar-refractivity contribution is 5.46. The van der Waals surface area contributed by atoms with Crippen LogP contribution in [0.2, 0.25) is 0 Å². The van der Waals surface area contributed by atoms with Crippen LogP contribution >= 0.6 is 0 Å². The number of phenols is 2. The molecule has 0 aromatic heterocycles. The van der Waals surface area contributed by atoms with Gasteiger partial charge in [-0.25, -0.2) is 0 Å². The van der Waals surface area contributed by atoms with Gasteiger partial charge in [0.15, 0.2) is 0 Å². The van der Waals surface area contributed by atoms with E-state index in [0.717, 1.165) is 37.8 Å². The van der Waals surface area contributed by atoms with Gasteiger partial charge in [0.05, 0.1) is 0 Å². The molecule has 4 bridgehead atoms. The van der Waals surface area contributed by atoms with Gasteiger partial charge in [0, 0.05) is 36.0 Å². The second kappa shape index (κ2) is 11.2. The molecular weight excluding hydrogens is 516 g/mol. The molecule has 2 aromatic rings. The number of hydrogen-bond acceptors (Lipinski definition) is 4. The molecule has 0 unspecified atom stereocenters. The molecule has 4 heteroatoms. The first-order valence-corrected chi connectivity index (χ1v) is 16.8. The van der Waals surface area contributed by atoms with Crippen molar-refractivity contribution in [3.8, 4) is 11.5 Å². The lowest BCUT2D eigenvalue weighted by Gasteiger charge is -2.59. The Kier molecular flexibility index (Phi) is 7.51. The fourth-order valence-corrected chi connectivity index (χ4v) is 10.9. The quantitative estimate of drug-likeness (QED) is 0.382.